The Morgan fingerprint density at radius 2 is 1.88 bits per heavy atom. The van der Waals surface area contributed by atoms with Crippen LogP contribution in [0.4, 0.5) is 14.6 Å². The van der Waals surface area contributed by atoms with Gasteiger partial charge >= 0.3 is 0 Å². The highest BCUT2D eigenvalue weighted by Crippen LogP contribution is 2.46. The molecule has 0 saturated heterocycles. The van der Waals surface area contributed by atoms with E-state index in [4.69, 9.17) is 0 Å². The van der Waals surface area contributed by atoms with Gasteiger partial charge in [-0.15, -0.1) is 0 Å². The Kier molecular flexibility index (Phi) is 6.68. The quantitative estimate of drug-likeness (QED) is 0.278. The minimum atomic E-state index is -1.31. The normalized spacial score (nSPS) is 26.8. The molecule has 6 rings (SSSR count). The Labute approximate surface area is 234 Å². The fourth-order valence-electron chi connectivity index (χ4n) is 5.66. The minimum absolute atomic E-state index is 0.100. The van der Waals surface area contributed by atoms with Gasteiger partial charge in [-0.25, -0.2) is 23.7 Å². The molecule has 2 aliphatic carbocycles. The van der Waals surface area contributed by atoms with Crippen molar-refractivity contribution in [3.63, 3.8) is 0 Å². The largest absolute Gasteiger partial charge is 0.389 e. The Morgan fingerprint density at radius 1 is 1.10 bits per heavy atom. The standard InChI is InChI=1S/C30H28F2N6O3/c1-30(29(41)33-2)14-22(25(39)26(30)40)38-15-34-24-27(35-21-13-18(21)17-6-4-3-5-7-17)36-23(37-28(24)38)11-9-16-8-10-19(31)20(32)12-16/h3-8,10,12,15,18,21-22,25-26,39-40H,13-14H2,1-2H3,(H,33,41)(H,35,36,37). The molecule has 41 heavy (non-hydrogen) atoms. The summed E-state index contributed by atoms with van der Waals surface area (Å²) in [5.74, 6) is 4.07. The lowest BCUT2D eigenvalue weighted by Gasteiger charge is -2.26. The first-order chi connectivity index (χ1) is 19.7. The van der Waals surface area contributed by atoms with Crippen LogP contribution in [0.25, 0.3) is 11.2 Å². The van der Waals surface area contributed by atoms with Gasteiger partial charge < -0.3 is 25.4 Å². The van der Waals surface area contributed by atoms with Gasteiger partial charge in [0.15, 0.2) is 28.6 Å². The monoisotopic (exact) mass is 558 g/mol. The van der Waals surface area contributed by atoms with E-state index in [2.05, 4.69) is 49.6 Å². The Bertz CT molecular complexity index is 1700. The summed E-state index contributed by atoms with van der Waals surface area (Å²) in [5, 5.41) is 27.8. The number of rotatable bonds is 5. The highest BCUT2D eigenvalue weighted by atomic mass is 19.2. The van der Waals surface area contributed by atoms with Crippen LogP contribution >= 0.6 is 0 Å². The predicted octanol–water partition coefficient (Wildman–Crippen LogP) is 2.89. The third kappa shape index (κ3) is 4.79. The van der Waals surface area contributed by atoms with E-state index < -0.39 is 35.3 Å². The maximum atomic E-state index is 13.7. The van der Waals surface area contributed by atoms with Crippen molar-refractivity contribution in [2.75, 3.05) is 12.4 Å². The number of hydrogen-bond acceptors (Lipinski definition) is 7. The van der Waals surface area contributed by atoms with Gasteiger partial charge in [-0.1, -0.05) is 36.3 Å². The number of nitrogens with one attached hydrogen (secondary N) is 2. The average Bonchev–Trinajstić information content (AvgIpc) is 3.55. The molecule has 2 saturated carbocycles. The molecule has 1 amide bonds. The van der Waals surface area contributed by atoms with Crippen LogP contribution in [-0.4, -0.2) is 60.9 Å². The van der Waals surface area contributed by atoms with E-state index >= 15 is 0 Å². The number of aromatic nitrogens is 4. The zero-order chi connectivity index (χ0) is 28.9. The molecule has 2 aliphatic rings. The zero-order valence-electron chi connectivity index (χ0n) is 22.3. The number of fused-ring (bicyclic) bond motifs is 1. The van der Waals surface area contributed by atoms with Crippen LogP contribution in [0, 0.1) is 28.9 Å². The van der Waals surface area contributed by atoms with Crippen LogP contribution < -0.4 is 10.6 Å². The molecule has 2 aromatic heterocycles. The summed E-state index contributed by atoms with van der Waals surface area (Å²) in [7, 11) is 1.48. The van der Waals surface area contributed by atoms with E-state index in [1.807, 2.05) is 18.2 Å². The Morgan fingerprint density at radius 3 is 2.61 bits per heavy atom. The number of anilines is 1. The third-order valence-electron chi connectivity index (χ3n) is 8.11. The van der Waals surface area contributed by atoms with Crippen molar-refractivity contribution in [3.8, 4) is 11.8 Å². The van der Waals surface area contributed by atoms with Crippen LogP contribution in [0.3, 0.4) is 0 Å². The molecular weight excluding hydrogens is 530 g/mol. The second-order valence-electron chi connectivity index (χ2n) is 10.8. The summed E-state index contributed by atoms with van der Waals surface area (Å²) in [4.78, 5) is 26.3. The van der Waals surface area contributed by atoms with E-state index in [0.29, 0.717) is 22.9 Å². The van der Waals surface area contributed by atoms with Gasteiger partial charge in [0, 0.05) is 24.6 Å². The first kappa shape index (κ1) is 26.8. The second kappa shape index (κ2) is 10.2. The van der Waals surface area contributed by atoms with E-state index in [0.717, 1.165) is 18.6 Å². The van der Waals surface area contributed by atoms with Crippen molar-refractivity contribution in [3.05, 3.63) is 83.4 Å². The predicted molar refractivity (Wildman–Crippen MR) is 147 cm³/mol. The summed E-state index contributed by atoms with van der Waals surface area (Å²) in [6, 6.07) is 12.9. The van der Waals surface area contributed by atoms with E-state index in [1.54, 1.807) is 11.5 Å². The average molecular weight is 559 g/mol. The van der Waals surface area contributed by atoms with Crippen LogP contribution in [0.1, 0.15) is 48.7 Å². The molecule has 0 bridgehead atoms. The molecule has 210 valence electrons. The third-order valence-corrected chi connectivity index (χ3v) is 8.11. The Hall–Kier alpha value is -4.40. The van der Waals surface area contributed by atoms with Crippen LogP contribution in [0.15, 0.2) is 54.9 Å². The number of aliphatic hydroxyl groups excluding tert-OH is 2. The summed E-state index contributed by atoms with van der Waals surface area (Å²) >= 11 is 0. The van der Waals surface area contributed by atoms with Crippen LogP contribution in [0.5, 0.6) is 0 Å². The van der Waals surface area contributed by atoms with Crippen molar-refractivity contribution in [2.24, 2.45) is 5.41 Å². The van der Waals surface area contributed by atoms with Gasteiger partial charge in [0.25, 0.3) is 0 Å². The summed E-state index contributed by atoms with van der Waals surface area (Å²) < 4.78 is 28.8. The first-order valence-electron chi connectivity index (χ1n) is 13.3. The van der Waals surface area contributed by atoms with Gasteiger partial charge in [-0.3, -0.25) is 4.79 Å². The minimum Gasteiger partial charge on any atom is -0.389 e. The number of amides is 1. The number of halogens is 2. The van der Waals surface area contributed by atoms with Gasteiger partial charge in [0.1, 0.15) is 6.10 Å². The molecule has 6 unspecified atom stereocenters. The highest BCUT2D eigenvalue weighted by Gasteiger charge is 2.55. The van der Waals surface area contributed by atoms with Crippen LogP contribution in [0.2, 0.25) is 0 Å². The lowest BCUT2D eigenvalue weighted by Crippen LogP contribution is -2.45. The molecule has 0 aliphatic heterocycles. The highest BCUT2D eigenvalue weighted by molar-refractivity contribution is 5.85. The molecule has 9 nitrogen and oxygen atoms in total. The number of aliphatic hydroxyl groups is 2. The van der Waals surface area contributed by atoms with Crippen molar-refractivity contribution in [1.29, 1.82) is 0 Å². The van der Waals surface area contributed by atoms with Crippen molar-refractivity contribution >= 4 is 22.9 Å². The van der Waals surface area contributed by atoms with E-state index in [1.165, 1.54) is 25.0 Å². The van der Waals surface area contributed by atoms with Gasteiger partial charge in [-0.2, -0.15) is 0 Å². The maximum absolute atomic E-state index is 13.7. The molecule has 0 spiro atoms. The molecule has 2 heterocycles. The number of benzene rings is 2. The molecule has 2 aromatic carbocycles. The molecule has 4 aromatic rings. The van der Waals surface area contributed by atoms with Crippen molar-refractivity contribution in [1.82, 2.24) is 24.8 Å². The Balaban J connectivity index is 1.39. The van der Waals surface area contributed by atoms with E-state index in [-0.39, 0.29) is 29.8 Å². The number of carbonyl (C=O) groups is 1. The fourth-order valence-corrected chi connectivity index (χ4v) is 5.66. The van der Waals surface area contributed by atoms with Gasteiger partial charge in [0.2, 0.25) is 11.7 Å². The lowest BCUT2D eigenvalue weighted by atomic mass is 9.85. The fraction of sp³-hybridized carbons (Fsp3) is 0.333. The number of hydrogen-bond donors (Lipinski definition) is 4. The SMILES string of the molecule is CNC(=O)C1(C)CC(n2cnc3c(NC4CC4c4ccccc4)nc(C#Cc4ccc(F)c(F)c4)nc32)C(O)C1O. The number of carbonyl (C=O) groups excluding carboxylic acids is 1. The smallest absolute Gasteiger partial charge is 0.228 e. The maximum Gasteiger partial charge on any atom is 0.228 e. The molecule has 2 fully saturated rings. The lowest BCUT2D eigenvalue weighted by molar-refractivity contribution is -0.136. The summed E-state index contributed by atoms with van der Waals surface area (Å²) in [5.41, 5.74) is 1.02. The summed E-state index contributed by atoms with van der Waals surface area (Å²) in [6.07, 6.45) is -0.0282. The number of imidazole rings is 1. The van der Waals surface area contributed by atoms with Crippen LogP contribution in [-0.2, 0) is 4.79 Å². The van der Waals surface area contributed by atoms with Gasteiger partial charge in [-0.05, 0) is 49.4 Å². The molecule has 4 N–H and O–H groups in total. The first-order valence-corrected chi connectivity index (χ1v) is 13.3. The van der Waals surface area contributed by atoms with E-state index in [9.17, 15) is 23.8 Å². The van der Waals surface area contributed by atoms with Crippen molar-refractivity contribution < 1.29 is 23.8 Å². The molecule has 0 radical (unpaired) electrons. The molecular formula is C30H28F2N6O3. The zero-order valence-corrected chi connectivity index (χ0v) is 22.3. The molecule has 11 heteroatoms. The number of nitrogens with zero attached hydrogens (tertiary/aromatic N) is 4. The van der Waals surface area contributed by atoms with Crippen molar-refractivity contribution in [2.45, 2.75) is 50.0 Å². The summed E-state index contributed by atoms with van der Waals surface area (Å²) in [6.45, 7) is 1.61. The van der Waals surface area contributed by atoms with Gasteiger partial charge in [0.05, 0.1) is 23.9 Å². The topological polar surface area (TPSA) is 125 Å². The molecule has 6 atom stereocenters. The second-order valence-corrected chi connectivity index (χ2v) is 10.8.